The number of benzene rings is 1. The Labute approximate surface area is 144 Å². The number of aromatic nitrogens is 2. The normalized spacial score (nSPS) is 12.5. The van der Waals surface area contributed by atoms with Gasteiger partial charge in [-0.1, -0.05) is 12.1 Å². The fourth-order valence-corrected chi connectivity index (χ4v) is 4.46. The second-order valence-corrected chi connectivity index (χ2v) is 7.65. The topological polar surface area (TPSA) is 52.0 Å². The van der Waals surface area contributed by atoms with E-state index < -0.39 is 10.8 Å². The molecule has 0 bridgehead atoms. The van der Waals surface area contributed by atoms with E-state index >= 15 is 0 Å². The first-order chi connectivity index (χ1) is 10.9. The van der Waals surface area contributed by atoms with Gasteiger partial charge in [0.15, 0.2) is 0 Å². The summed E-state index contributed by atoms with van der Waals surface area (Å²) in [7, 11) is 0.259. The summed E-state index contributed by atoms with van der Waals surface area (Å²) >= 11 is 3.31. The van der Waals surface area contributed by atoms with Gasteiger partial charge in [0.05, 0.1) is 26.1 Å². The lowest BCUT2D eigenvalue weighted by molar-refractivity contribution is 0.682. The Hall–Kier alpha value is -1.79. The Balaban J connectivity index is 2.34. The predicted octanol–water partition coefficient (Wildman–Crippen LogP) is 3.48. The number of aryl methyl sites for hydroxylation is 3. The molecule has 0 N–H and O–H groups in total. The molecular formula is C17H15BrN2O2S. The summed E-state index contributed by atoms with van der Waals surface area (Å²) < 4.78 is 15.4. The minimum absolute atomic E-state index is 0.172. The molecule has 2 heterocycles. The highest BCUT2D eigenvalue weighted by Gasteiger charge is 2.17. The summed E-state index contributed by atoms with van der Waals surface area (Å²) in [4.78, 5) is 17.6. The lowest BCUT2D eigenvalue weighted by Gasteiger charge is -2.13. The van der Waals surface area contributed by atoms with Crippen LogP contribution in [0, 0.1) is 13.8 Å². The SMILES string of the molecule is Cc1cc(Br)ncc1S(=O)c1cc(=O)n(C)c2cccc(C)c12. The highest BCUT2D eigenvalue weighted by atomic mass is 79.9. The van der Waals surface area contributed by atoms with Crippen LogP contribution in [0.2, 0.25) is 0 Å². The molecule has 1 unspecified atom stereocenters. The molecule has 3 rings (SSSR count). The molecular weight excluding hydrogens is 376 g/mol. The maximum atomic E-state index is 13.1. The second kappa shape index (κ2) is 6.02. The van der Waals surface area contributed by atoms with Crippen molar-refractivity contribution in [3.63, 3.8) is 0 Å². The maximum Gasteiger partial charge on any atom is 0.251 e. The van der Waals surface area contributed by atoms with E-state index in [2.05, 4.69) is 20.9 Å². The van der Waals surface area contributed by atoms with Crippen molar-refractivity contribution >= 4 is 37.6 Å². The van der Waals surface area contributed by atoms with Crippen LogP contribution in [0.4, 0.5) is 0 Å². The van der Waals surface area contributed by atoms with E-state index in [0.29, 0.717) is 14.4 Å². The van der Waals surface area contributed by atoms with Gasteiger partial charge in [0.25, 0.3) is 5.56 Å². The van der Waals surface area contributed by atoms with Crippen molar-refractivity contribution in [2.45, 2.75) is 23.6 Å². The van der Waals surface area contributed by atoms with Crippen molar-refractivity contribution in [1.29, 1.82) is 0 Å². The highest BCUT2D eigenvalue weighted by molar-refractivity contribution is 9.10. The lowest BCUT2D eigenvalue weighted by atomic mass is 10.1. The van der Waals surface area contributed by atoms with Crippen molar-refractivity contribution in [2.24, 2.45) is 7.05 Å². The summed E-state index contributed by atoms with van der Waals surface area (Å²) in [5, 5.41) is 0.857. The molecule has 0 amide bonds. The monoisotopic (exact) mass is 390 g/mol. The lowest BCUT2D eigenvalue weighted by Crippen LogP contribution is -2.18. The highest BCUT2D eigenvalue weighted by Crippen LogP contribution is 2.28. The van der Waals surface area contributed by atoms with Gasteiger partial charge < -0.3 is 4.57 Å². The average molecular weight is 391 g/mol. The molecule has 1 aromatic carbocycles. The molecule has 0 aliphatic carbocycles. The van der Waals surface area contributed by atoms with Gasteiger partial charge in [-0.2, -0.15) is 0 Å². The summed E-state index contributed by atoms with van der Waals surface area (Å²) in [6, 6.07) is 9.02. The first kappa shape index (κ1) is 16.1. The predicted molar refractivity (Wildman–Crippen MR) is 95.3 cm³/mol. The Bertz CT molecular complexity index is 1010. The van der Waals surface area contributed by atoms with Crippen molar-refractivity contribution in [3.05, 3.63) is 62.6 Å². The molecule has 23 heavy (non-hydrogen) atoms. The fourth-order valence-electron chi connectivity index (χ4n) is 2.62. The molecule has 0 spiro atoms. The molecule has 118 valence electrons. The summed E-state index contributed by atoms with van der Waals surface area (Å²) in [5.74, 6) is 0. The number of halogens is 1. The molecule has 0 aliphatic heterocycles. The van der Waals surface area contributed by atoms with Gasteiger partial charge in [-0.05, 0) is 53.0 Å². The Morgan fingerprint density at radius 3 is 2.57 bits per heavy atom. The third kappa shape index (κ3) is 2.77. The summed E-state index contributed by atoms with van der Waals surface area (Å²) in [5.41, 5.74) is 2.47. The molecule has 0 aliphatic rings. The van der Waals surface area contributed by atoms with Crippen LogP contribution in [-0.4, -0.2) is 13.8 Å². The Kier molecular flexibility index (Phi) is 4.21. The first-order valence-electron chi connectivity index (χ1n) is 7.03. The maximum absolute atomic E-state index is 13.1. The van der Waals surface area contributed by atoms with Crippen LogP contribution in [0.25, 0.3) is 10.9 Å². The van der Waals surface area contributed by atoms with Crippen molar-refractivity contribution in [2.75, 3.05) is 0 Å². The van der Waals surface area contributed by atoms with Crippen molar-refractivity contribution in [1.82, 2.24) is 9.55 Å². The third-order valence-electron chi connectivity index (χ3n) is 3.87. The Morgan fingerprint density at radius 1 is 1.13 bits per heavy atom. The minimum atomic E-state index is -1.47. The van der Waals surface area contributed by atoms with Crippen LogP contribution in [0.15, 0.2) is 55.7 Å². The van der Waals surface area contributed by atoms with E-state index in [-0.39, 0.29) is 5.56 Å². The number of nitrogens with zero attached hydrogens (tertiary/aromatic N) is 2. The largest absolute Gasteiger partial charge is 0.311 e. The van der Waals surface area contributed by atoms with Gasteiger partial charge >= 0.3 is 0 Å². The van der Waals surface area contributed by atoms with Gasteiger partial charge in [-0.15, -0.1) is 0 Å². The minimum Gasteiger partial charge on any atom is -0.311 e. The molecule has 0 radical (unpaired) electrons. The van der Waals surface area contributed by atoms with Crippen LogP contribution in [-0.2, 0) is 17.8 Å². The fraction of sp³-hybridized carbons (Fsp3) is 0.176. The van der Waals surface area contributed by atoms with Crippen LogP contribution >= 0.6 is 15.9 Å². The number of fused-ring (bicyclic) bond motifs is 1. The van der Waals surface area contributed by atoms with E-state index in [1.165, 1.54) is 6.07 Å². The van der Waals surface area contributed by atoms with Crippen LogP contribution in [0.1, 0.15) is 11.1 Å². The van der Waals surface area contributed by atoms with Gasteiger partial charge in [0, 0.05) is 24.7 Å². The van der Waals surface area contributed by atoms with E-state index in [1.54, 1.807) is 17.8 Å². The number of hydrogen-bond donors (Lipinski definition) is 0. The van der Waals surface area contributed by atoms with Crippen molar-refractivity contribution in [3.8, 4) is 0 Å². The molecule has 1 atom stereocenters. The zero-order valence-electron chi connectivity index (χ0n) is 13.0. The van der Waals surface area contributed by atoms with Gasteiger partial charge in [-0.25, -0.2) is 9.19 Å². The standard InChI is InChI=1S/C17H15BrN2O2S/c1-10-5-4-6-12-17(10)13(8-16(21)20(12)3)23(22)14-9-19-15(18)7-11(14)2/h4-9H,1-3H3. The quantitative estimate of drug-likeness (QED) is 0.629. The first-order valence-corrected chi connectivity index (χ1v) is 8.97. The number of hydrogen-bond acceptors (Lipinski definition) is 3. The van der Waals surface area contributed by atoms with Gasteiger partial charge in [0.2, 0.25) is 0 Å². The molecule has 0 saturated heterocycles. The zero-order valence-corrected chi connectivity index (χ0v) is 15.4. The van der Waals surface area contributed by atoms with Crippen LogP contribution in [0.3, 0.4) is 0 Å². The molecule has 6 heteroatoms. The van der Waals surface area contributed by atoms with E-state index in [9.17, 15) is 9.00 Å². The van der Waals surface area contributed by atoms with Gasteiger partial charge in [-0.3, -0.25) is 4.79 Å². The van der Waals surface area contributed by atoms with E-state index in [4.69, 9.17) is 0 Å². The van der Waals surface area contributed by atoms with Crippen LogP contribution in [0.5, 0.6) is 0 Å². The van der Waals surface area contributed by atoms with Crippen LogP contribution < -0.4 is 5.56 Å². The second-order valence-electron chi connectivity index (χ2n) is 5.42. The molecule has 4 nitrogen and oxygen atoms in total. The Morgan fingerprint density at radius 2 is 1.87 bits per heavy atom. The average Bonchev–Trinajstić information content (AvgIpc) is 2.50. The summed E-state index contributed by atoms with van der Waals surface area (Å²) in [6.07, 6.45) is 1.59. The third-order valence-corrected chi connectivity index (χ3v) is 5.85. The number of pyridine rings is 2. The van der Waals surface area contributed by atoms with Gasteiger partial charge in [0.1, 0.15) is 4.60 Å². The summed E-state index contributed by atoms with van der Waals surface area (Å²) in [6.45, 7) is 3.84. The molecule has 3 aromatic rings. The molecule has 0 saturated carbocycles. The zero-order chi connectivity index (χ0) is 16.7. The number of rotatable bonds is 2. The van der Waals surface area contributed by atoms with Crippen molar-refractivity contribution < 1.29 is 4.21 Å². The smallest absolute Gasteiger partial charge is 0.251 e. The molecule has 2 aromatic heterocycles. The van der Waals surface area contributed by atoms with E-state index in [0.717, 1.165) is 22.0 Å². The molecule has 0 fully saturated rings. The van der Waals surface area contributed by atoms with E-state index in [1.807, 2.05) is 38.1 Å².